The standard InChI is InChI=1S/C13H10F6O/c1-2-3-4-9-5-7-10(8-6-9)11(20,12(14,15)16)13(17,18)19/h2,4-8,20H,1H3. The number of aliphatic hydroxyl groups is 1. The zero-order chi connectivity index (χ0) is 15.6. The number of hydrogen-bond donors (Lipinski definition) is 1. The van der Waals surface area contributed by atoms with Gasteiger partial charge in [0.25, 0.3) is 5.60 Å². The third-order valence-electron chi connectivity index (χ3n) is 2.57. The van der Waals surface area contributed by atoms with Gasteiger partial charge in [0.15, 0.2) is 0 Å². The van der Waals surface area contributed by atoms with Gasteiger partial charge in [-0.2, -0.15) is 26.3 Å². The maximum absolute atomic E-state index is 12.6. The van der Waals surface area contributed by atoms with Gasteiger partial charge in [-0.1, -0.05) is 24.3 Å². The van der Waals surface area contributed by atoms with Crippen LogP contribution in [0.2, 0.25) is 0 Å². The lowest BCUT2D eigenvalue weighted by Gasteiger charge is -2.32. The minimum Gasteiger partial charge on any atom is -0.369 e. The molecule has 0 saturated heterocycles. The van der Waals surface area contributed by atoms with E-state index in [0.717, 1.165) is 12.1 Å². The van der Waals surface area contributed by atoms with Crippen LogP contribution in [0.5, 0.6) is 0 Å². The number of allylic oxidation sites excluding steroid dienone is 1. The van der Waals surface area contributed by atoms with E-state index in [-0.39, 0.29) is 0 Å². The van der Waals surface area contributed by atoms with Crippen LogP contribution < -0.4 is 0 Å². The lowest BCUT2D eigenvalue weighted by Crippen LogP contribution is -2.53. The Labute approximate surface area is 110 Å². The molecule has 110 valence electrons. The second-order valence-electron chi connectivity index (χ2n) is 3.93. The summed E-state index contributed by atoms with van der Waals surface area (Å²) in [6.07, 6.45) is -8.84. The van der Waals surface area contributed by atoms with Crippen molar-refractivity contribution < 1.29 is 31.4 Å². The van der Waals surface area contributed by atoms with E-state index in [1.54, 1.807) is 6.92 Å². The predicted octanol–water partition coefficient (Wildman–Crippen LogP) is 4.19. The molecule has 0 heterocycles. The smallest absolute Gasteiger partial charge is 0.369 e. The normalized spacial score (nSPS) is 12.8. The first-order valence-corrected chi connectivity index (χ1v) is 5.37. The molecule has 20 heavy (non-hydrogen) atoms. The van der Waals surface area contributed by atoms with Crippen LogP contribution in [0.4, 0.5) is 26.3 Å². The minimum atomic E-state index is -5.87. The Hall–Kier alpha value is -1.72. The molecular weight excluding hydrogens is 286 g/mol. The zero-order valence-electron chi connectivity index (χ0n) is 10.2. The van der Waals surface area contributed by atoms with Crippen molar-refractivity contribution >= 4 is 6.08 Å². The molecule has 1 rings (SSSR count). The number of alkyl halides is 6. The van der Waals surface area contributed by atoms with E-state index in [4.69, 9.17) is 5.11 Å². The Balaban J connectivity index is 3.35. The second kappa shape index (κ2) is 5.34. The first-order valence-electron chi connectivity index (χ1n) is 5.37. The molecule has 1 aromatic rings. The van der Waals surface area contributed by atoms with Gasteiger partial charge in [-0.3, -0.25) is 0 Å². The average Bonchev–Trinajstić information content (AvgIpc) is 2.33. The third-order valence-corrected chi connectivity index (χ3v) is 2.57. The van der Waals surface area contributed by atoms with Gasteiger partial charge in [-0.25, -0.2) is 0 Å². The van der Waals surface area contributed by atoms with E-state index in [1.165, 1.54) is 12.2 Å². The fourth-order valence-corrected chi connectivity index (χ4v) is 1.49. The SMILES string of the molecule is CC=C=Cc1ccc(C(O)(C(F)(F)F)C(F)(F)F)cc1. The van der Waals surface area contributed by atoms with Crippen LogP contribution in [-0.2, 0) is 5.60 Å². The number of halogens is 6. The summed E-state index contributed by atoms with van der Waals surface area (Å²) >= 11 is 0. The number of rotatable bonds is 2. The van der Waals surface area contributed by atoms with E-state index in [0.29, 0.717) is 17.7 Å². The molecule has 0 aliphatic rings. The molecule has 1 nitrogen and oxygen atoms in total. The van der Waals surface area contributed by atoms with Gasteiger partial charge in [0.05, 0.1) is 0 Å². The molecule has 0 aliphatic carbocycles. The fraction of sp³-hybridized carbons (Fsp3) is 0.308. The van der Waals surface area contributed by atoms with Crippen LogP contribution in [0.1, 0.15) is 18.1 Å². The van der Waals surface area contributed by atoms with Crippen molar-refractivity contribution in [1.29, 1.82) is 0 Å². The zero-order valence-corrected chi connectivity index (χ0v) is 10.2. The highest BCUT2D eigenvalue weighted by Gasteiger charge is 2.71. The summed E-state index contributed by atoms with van der Waals surface area (Å²) in [4.78, 5) is 0. The number of benzene rings is 1. The topological polar surface area (TPSA) is 20.2 Å². The van der Waals surface area contributed by atoms with E-state index in [9.17, 15) is 26.3 Å². The van der Waals surface area contributed by atoms with Gasteiger partial charge in [0.1, 0.15) is 0 Å². The molecule has 0 amide bonds. The summed E-state index contributed by atoms with van der Waals surface area (Å²) in [5.74, 6) is 0. The molecule has 0 saturated carbocycles. The maximum atomic E-state index is 12.6. The lowest BCUT2D eigenvalue weighted by molar-refractivity contribution is -0.376. The molecule has 0 bridgehead atoms. The highest BCUT2D eigenvalue weighted by molar-refractivity contribution is 5.49. The molecule has 0 atom stereocenters. The molecule has 0 aliphatic heterocycles. The molecule has 1 aromatic carbocycles. The monoisotopic (exact) mass is 296 g/mol. The van der Waals surface area contributed by atoms with Gasteiger partial charge in [0, 0.05) is 5.56 Å². The Kier molecular flexibility index (Phi) is 4.36. The van der Waals surface area contributed by atoms with Crippen molar-refractivity contribution in [3.63, 3.8) is 0 Å². The summed E-state index contributed by atoms with van der Waals surface area (Å²) in [5.41, 5.74) is -3.18. The van der Waals surface area contributed by atoms with Crippen molar-refractivity contribution in [1.82, 2.24) is 0 Å². The van der Waals surface area contributed by atoms with Gasteiger partial charge >= 0.3 is 12.4 Å². The van der Waals surface area contributed by atoms with E-state index in [2.05, 4.69) is 5.73 Å². The molecule has 0 fully saturated rings. The predicted molar refractivity (Wildman–Crippen MR) is 60.7 cm³/mol. The van der Waals surface area contributed by atoms with Crippen molar-refractivity contribution in [3.05, 3.63) is 47.2 Å². The quantitative estimate of drug-likeness (QED) is 0.641. The average molecular weight is 296 g/mol. The van der Waals surface area contributed by atoms with Crippen molar-refractivity contribution in [2.45, 2.75) is 24.9 Å². The molecule has 0 unspecified atom stereocenters. The Morgan fingerprint density at radius 3 is 1.75 bits per heavy atom. The summed E-state index contributed by atoms with van der Waals surface area (Å²) in [5, 5.41) is 9.14. The Bertz CT molecular complexity index is 503. The highest BCUT2D eigenvalue weighted by Crippen LogP contribution is 2.49. The van der Waals surface area contributed by atoms with Crippen LogP contribution in [0.25, 0.3) is 6.08 Å². The van der Waals surface area contributed by atoms with Crippen LogP contribution in [0.15, 0.2) is 36.1 Å². The molecule has 7 heteroatoms. The molecule has 0 radical (unpaired) electrons. The largest absolute Gasteiger partial charge is 0.430 e. The summed E-state index contributed by atoms with van der Waals surface area (Å²) in [6.45, 7) is 1.65. The van der Waals surface area contributed by atoms with Gasteiger partial charge in [-0.05, 0) is 24.6 Å². The van der Waals surface area contributed by atoms with Crippen molar-refractivity contribution in [2.24, 2.45) is 0 Å². The first kappa shape index (κ1) is 16.3. The fourth-order valence-electron chi connectivity index (χ4n) is 1.49. The maximum Gasteiger partial charge on any atom is 0.430 e. The molecule has 1 N–H and O–H groups in total. The van der Waals surface area contributed by atoms with Crippen molar-refractivity contribution in [3.8, 4) is 0 Å². The van der Waals surface area contributed by atoms with Crippen molar-refractivity contribution in [2.75, 3.05) is 0 Å². The third kappa shape index (κ3) is 2.89. The van der Waals surface area contributed by atoms with Crippen LogP contribution in [-0.4, -0.2) is 17.5 Å². The van der Waals surface area contributed by atoms with E-state index >= 15 is 0 Å². The molecule has 0 spiro atoms. The van der Waals surface area contributed by atoms with Gasteiger partial charge in [0.2, 0.25) is 0 Å². The summed E-state index contributed by atoms with van der Waals surface area (Å²) in [6, 6.07) is 3.25. The number of hydrogen-bond acceptors (Lipinski definition) is 1. The summed E-state index contributed by atoms with van der Waals surface area (Å²) in [7, 11) is 0. The van der Waals surface area contributed by atoms with Crippen LogP contribution >= 0.6 is 0 Å². The van der Waals surface area contributed by atoms with Gasteiger partial charge < -0.3 is 5.11 Å². The molecule has 0 aromatic heterocycles. The van der Waals surface area contributed by atoms with Crippen LogP contribution in [0.3, 0.4) is 0 Å². The van der Waals surface area contributed by atoms with E-state index in [1.807, 2.05) is 0 Å². The highest BCUT2D eigenvalue weighted by atomic mass is 19.4. The van der Waals surface area contributed by atoms with Gasteiger partial charge in [-0.15, -0.1) is 5.73 Å². The summed E-state index contributed by atoms with van der Waals surface area (Å²) < 4.78 is 75.6. The lowest BCUT2D eigenvalue weighted by atomic mass is 9.91. The van der Waals surface area contributed by atoms with E-state index < -0.39 is 23.5 Å². The second-order valence-corrected chi connectivity index (χ2v) is 3.93. The first-order chi connectivity index (χ1) is 9.04. The van der Waals surface area contributed by atoms with Crippen LogP contribution in [0, 0.1) is 0 Å². The minimum absolute atomic E-state index is 0.360. The Morgan fingerprint density at radius 2 is 1.40 bits per heavy atom. The molecular formula is C13H10F6O. The Morgan fingerprint density at radius 1 is 0.950 bits per heavy atom.